The molecule has 3 aromatic carbocycles. The van der Waals surface area contributed by atoms with Crippen molar-refractivity contribution in [3.63, 3.8) is 0 Å². The Hall–Kier alpha value is -3.67. The second kappa shape index (κ2) is 7.05. The Morgan fingerprint density at radius 2 is 1.72 bits per heavy atom. The number of nitro groups is 1. The zero-order chi connectivity index (χ0) is 20.6. The second-order valence-electron chi connectivity index (χ2n) is 7.92. The van der Waals surface area contributed by atoms with Gasteiger partial charge < -0.3 is 9.72 Å². The normalized spacial score (nSPS) is 11.6. The first-order valence-corrected chi connectivity index (χ1v) is 9.33. The minimum Gasteiger partial charge on any atom is -0.457 e. The molecule has 0 unspecified atom stereocenters. The van der Waals surface area contributed by atoms with Crippen LogP contribution in [-0.2, 0) is 5.41 Å². The van der Waals surface area contributed by atoms with Crippen LogP contribution in [0.3, 0.4) is 0 Å². The maximum Gasteiger partial charge on any atom is 0.270 e. The van der Waals surface area contributed by atoms with Crippen LogP contribution in [0.5, 0.6) is 11.5 Å². The van der Waals surface area contributed by atoms with Gasteiger partial charge in [-0.25, -0.2) is 4.98 Å². The van der Waals surface area contributed by atoms with Gasteiger partial charge in [0.2, 0.25) is 0 Å². The lowest BCUT2D eigenvalue weighted by atomic mass is 9.87. The first-order chi connectivity index (χ1) is 13.8. The molecule has 0 saturated carbocycles. The number of imidazole rings is 1. The van der Waals surface area contributed by atoms with E-state index in [4.69, 9.17) is 4.74 Å². The third kappa shape index (κ3) is 3.82. The standard InChI is InChI=1S/C23H21N3O3/c1-23(2,3)15-8-11-17(12-9-15)29-21-13-10-16(26(27)28)14-18(21)22-24-19-6-4-5-7-20(19)25-22/h4-14H,1-3H3,(H,24,25). The van der Waals surface area contributed by atoms with E-state index in [1.165, 1.54) is 17.7 Å². The number of H-pyrrole nitrogens is 1. The molecule has 1 heterocycles. The summed E-state index contributed by atoms with van der Waals surface area (Å²) in [6.07, 6.45) is 0. The highest BCUT2D eigenvalue weighted by Crippen LogP contribution is 2.36. The number of aromatic amines is 1. The van der Waals surface area contributed by atoms with Gasteiger partial charge in [0.05, 0.1) is 21.5 Å². The summed E-state index contributed by atoms with van der Waals surface area (Å²) in [5.41, 5.74) is 3.41. The summed E-state index contributed by atoms with van der Waals surface area (Å²) in [5.74, 6) is 1.68. The van der Waals surface area contributed by atoms with Crippen molar-refractivity contribution in [1.82, 2.24) is 9.97 Å². The van der Waals surface area contributed by atoms with E-state index < -0.39 is 4.92 Å². The number of para-hydroxylation sites is 2. The maximum absolute atomic E-state index is 11.3. The number of hydrogen-bond acceptors (Lipinski definition) is 4. The van der Waals surface area contributed by atoms with Crippen molar-refractivity contribution in [3.8, 4) is 22.9 Å². The molecule has 0 atom stereocenters. The summed E-state index contributed by atoms with van der Waals surface area (Å²) in [6, 6.07) is 20.0. The zero-order valence-corrected chi connectivity index (χ0v) is 16.5. The molecular formula is C23H21N3O3. The van der Waals surface area contributed by atoms with E-state index in [1.54, 1.807) is 6.07 Å². The van der Waals surface area contributed by atoms with Crippen molar-refractivity contribution in [2.75, 3.05) is 0 Å². The number of benzene rings is 3. The summed E-state index contributed by atoms with van der Waals surface area (Å²) in [6.45, 7) is 6.45. The summed E-state index contributed by atoms with van der Waals surface area (Å²) >= 11 is 0. The van der Waals surface area contributed by atoms with E-state index >= 15 is 0 Å². The van der Waals surface area contributed by atoms with Gasteiger partial charge in [-0.05, 0) is 41.3 Å². The van der Waals surface area contributed by atoms with Crippen LogP contribution >= 0.6 is 0 Å². The molecule has 0 saturated heterocycles. The topological polar surface area (TPSA) is 81.1 Å². The number of aromatic nitrogens is 2. The number of rotatable bonds is 4. The smallest absolute Gasteiger partial charge is 0.270 e. The number of hydrogen-bond donors (Lipinski definition) is 1. The molecule has 29 heavy (non-hydrogen) atoms. The minimum absolute atomic E-state index is 0.0177. The highest BCUT2D eigenvalue weighted by atomic mass is 16.6. The number of nitro benzene ring substituents is 1. The van der Waals surface area contributed by atoms with E-state index in [2.05, 4.69) is 30.7 Å². The monoisotopic (exact) mass is 387 g/mol. The van der Waals surface area contributed by atoms with Gasteiger partial charge in [-0.3, -0.25) is 10.1 Å². The van der Waals surface area contributed by atoms with Crippen molar-refractivity contribution in [1.29, 1.82) is 0 Å². The molecule has 4 aromatic rings. The van der Waals surface area contributed by atoms with Crippen molar-refractivity contribution >= 4 is 16.7 Å². The van der Waals surface area contributed by atoms with E-state index in [-0.39, 0.29) is 11.1 Å². The molecule has 146 valence electrons. The summed E-state index contributed by atoms with van der Waals surface area (Å²) < 4.78 is 6.08. The molecule has 0 bridgehead atoms. The predicted molar refractivity (Wildman–Crippen MR) is 113 cm³/mol. The zero-order valence-electron chi connectivity index (χ0n) is 16.5. The van der Waals surface area contributed by atoms with Crippen LogP contribution < -0.4 is 4.74 Å². The van der Waals surface area contributed by atoms with Crippen molar-refractivity contribution in [2.45, 2.75) is 26.2 Å². The van der Waals surface area contributed by atoms with Crippen molar-refractivity contribution in [3.05, 3.63) is 82.4 Å². The van der Waals surface area contributed by atoms with Gasteiger partial charge in [-0.2, -0.15) is 0 Å². The molecular weight excluding hydrogens is 366 g/mol. The lowest BCUT2D eigenvalue weighted by Gasteiger charge is -2.19. The van der Waals surface area contributed by atoms with Gasteiger partial charge in [-0.1, -0.05) is 45.0 Å². The Balaban J connectivity index is 1.76. The predicted octanol–water partition coefficient (Wildman–Crippen LogP) is 6.23. The molecule has 1 aromatic heterocycles. The number of ether oxygens (including phenoxy) is 1. The number of non-ortho nitro benzene ring substituents is 1. The fraction of sp³-hybridized carbons (Fsp3) is 0.174. The Morgan fingerprint density at radius 3 is 2.38 bits per heavy atom. The molecule has 4 rings (SSSR count). The van der Waals surface area contributed by atoms with Crippen LogP contribution in [0, 0.1) is 10.1 Å². The van der Waals surface area contributed by atoms with E-state index in [1.807, 2.05) is 48.5 Å². The Kier molecular flexibility index (Phi) is 4.54. The highest BCUT2D eigenvalue weighted by Gasteiger charge is 2.18. The molecule has 0 spiro atoms. The molecule has 0 aliphatic carbocycles. The number of fused-ring (bicyclic) bond motifs is 1. The molecule has 6 heteroatoms. The maximum atomic E-state index is 11.3. The van der Waals surface area contributed by atoms with Gasteiger partial charge in [0.15, 0.2) is 0 Å². The first-order valence-electron chi connectivity index (χ1n) is 9.33. The van der Waals surface area contributed by atoms with E-state index in [9.17, 15) is 10.1 Å². The summed E-state index contributed by atoms with van der Waals surface area (Å²) in [5, 5.41) is 11.3. The van der Waals surface area contributed by atoms with Crippen LogP contribution in [0.2, 0.25) is 0 Å². The van der Waals surface area contributed by atoms with Crippen LogP contribution in [-0.4, -0.2) is 14.9 Å². The average Bonchev–Trinajstić information content (AvgIpc) is 3.12. The first kappa shape index (κ1) is 18.7. The minimum atomic E-state index is -0.423. The van der Waals surface area contributed by atoms with Crippen molar-refractivity contribution in [2.24, 2.45) is 0 Å². The van der Waals surface area contributed by atoms with Crippen LogP contribution in [0.25, 0.3) is 22.4 Å². The Morgan fingerprint density at radius 1 is 1.00 bits per heavy atom. The average molecular weight is 387 g/mol. The highest BCUT2D eigenvalue weighted by molar-refractivity contribution is 5.81. The quantitative estimate of drug-likeness (QED) is 0.332. The summed E-state index contributed by atoms with van der Waals surface area (Å²) in [7, 11) is 0. The molecule has 1 N–H and O–H groups in total. The largest absolute Gasteiger partial charge is 0.457 e. The van der Waals surface area contributed by atoms with Crippen LogP contribution in [0.4, 0.5) is 5.69 Å². The third-order valence-corrected chi connectivity index (χ3v) is 4.77. The van der Waals surface area contributed by atoms with Crippen molar-refractivity contribution < 1.29 is 9.66 Å². The van der Waals surface area contributed by atoms with Gasteiger partial charge in [-0.15, -0.1) is 0 Å². The van der Waals surface area contributed by atoms with Crippen LogP contribution in [0.15, 0.2) is 66.7 Å². The Bertz CT molecular complexity index is 1160. The fourth-order valence-corrected chi connectivity index (χ4v) is 3.14. The molecule has 6 nitrogen and oxygen atoms in total. The summed E-state index contributed by atoms with van der Waals surface area (Å²) in [4.78, 5) is 18.7. The molecule has 0 aliphatic rings. The molecule has 0 fully saturated rings. The molecule has 0 amide bonds. The van der Waals surface area contributed by atoms with Gasteiger partial charge in [0.1, 0.15) is 17.3 Å². The molecule has 0 aliphatic heterocycles. The Labute approximate surface area is 168 Å². The molecule has 0 radical (unpaired) electrons. The third-order valence-electron chi connectivity index (χ3n) is 4.77. The van der Waals surface area contributed by atoms with Gasteiger partial charge >= 0.3 is 0 Å². The SMILES string of the molecule is CC(C)(C)c1ccc(Oc2ccc([N+](=O)[O-])cc2-c2nc3ccccc3[nH]2)cc1. The van der Waals surface area contributed by atoms with Gasteiger partial charge in [0, 0.05) is 12.1 Å². The lowest BCUT2D eigenvalue weighted by Crippen LogP contribution is -2.10. The lowest BCUT2D eigenvalue weighted by molar-refractivity contribution is -0.384. The van der Waals surface area contributed by atoms with Crippen LogP contribution in [0.1, 0.15) is 26.3 Å². The number of nitrogens with one attached hydrogen (secondary N) is 1. The van der Waals surface area contributed by atoms with Gasteiger partial charge in [0.25, 0.3) is 5.69 Å². The fourth-order valence-electron chi connectivity index (χ4n) is 3.14. The van der Waals surface area contributed by atoms with E-state index in [0.717, 1.165) is 11.0 Å². The van der Waals surface area contributed by atoms with E-state index in [0.29, 0.717) is 22.9 Å². The second-order valence-corrected chi connectivity index (χ2v) is 7.92. The number of nitrogens with zero attached hydrogens (tertiary/aromatic N) is 2.